The maximum atomic E-state index is 9.23. The van der Waals surface area contributed by atoms with E-state index in [1.807, 2.05) is 18.2 Å². The number of phenolic OH excluding ortho intramolecular Hbond substituents is 1. The third kappa shape index (κ3) is 3.75. The molecule has 2 nitrogen and oxygen atoms in total. The molecule has 0 atom stereocenters. The summed E-state index contributed by atoms with van der Waals surface area (Å²) in [6.07, 6.45) is 3.21. The van der Waals surface area contributed by atoms with Gasteiger partial charge in [0.1, 0.15) is 11.5 Å². The Labute approximate surface area is 114 Å². The van der Waals surface area contributed by atoms with Gasteiger partial charge in [0.15, 0.2) is 0 Å². The zero-order valence-corrected chi connectivity index (χ0v) is 11.5. The van der Waals surface area contributed by atoms with Gasteiger partial charge in [0, 0.05) is 0 Å². The Morgan fingerprint density at radius 3 is 2.37 bits per heavy atom. The van der Waals surface area contributed by atoms with Crippen molar-refractivity contribution in [3.63, 3.8) is 0 Å². The Bertz CT molecular complexity index is 529. The van der Waals surface area contributed by atoms with E-state index in [9.17, 15) is 5.11 Å². The van der Waals surface area contributed by atoms with E-state index in [1.54, 1.807) is 19.2 Å². The first-order valence-electron chi connectivity index (χ1n) is 6.60. The van der Waals surface area contributed by atoms with Crippen LogP contribution in [0, 0.1) is 6.92 Å². The van der Waals surface area contributed by atoms with Gasteiger partial charge >= 0.3 is 0 Å². The van der Waals surface area contributed by atoms with Crippen molar-refractivity contribution in [3.05, 3.63) is 59.2 Å². The third-order valence-electron chi connectivity index (χ3n) is 3.40. The quantitative estimate of drug-likeness (QED) is 0.879. The Balaban J connectivity index is 1.90. The summed E-state index contributed by atoms with van der Waals surface area (Å²) in [5.41, 5.74) is 3.92. The third-order valence-corrected chi connectivity index (χ3v) is 3.40. The number of phenols is 1. The van der Waals surface area contributed by atoms with Gasteiger partial charge < -0.3 is 9.84 Å². The highest BCUT2D eigenvalue weighted by atomic mass is 16.5. The lowest BCUT2D eigenvalue weighted by atomic mass is 10.0. The average Bonchev–Trinajstić information content (AvgIpc) is 2.42. The standard InChI is InChI=1S/C17H20O2/c1-13-12-17(19-2)11-8-15(13)5-3-4-14-6-9-16(18)10-7-14/h6-12,18H,3-5H2,1-2H3. The lowest BCUT2D eigenvalue weighted by molar-refractivity contribution is 0.414. The molecule has 2 heteroatoms. The molecule has 0 aliphatic rings. The summed E-state index contributed by atoms with van der Waals surface area (Å²) in [6.45, 7) is 2.12. The van der Waals surface area contributed by atoms with Gasteiger partial charge in [-0.2, -0.15) is 0 Å². The number of hydrogen-bond acceptors (Lipinski definition) is 2. The first-order valence-corrected chi connectivity index (χ1v) is 6.60. The molecule has 0 aliphatic carbocycles. The van der Waals surface area contributed by atoms with Crippen molar-refractivity contribution < 1.29 is 9.84 Å². The number of aromatic hydroxyl groups is 1. The van der Waals surface area contributed by atoms with Crippen LogP contribution in [-0.2, 0) is 12.8 Å². The monoisotopic (exact) mass is 256 g/mol. The van der Waals surface area contributed by atoms with E-state index in [4.69, 9.17) is 4.74 Å². The number of benzene rings is 2. The van der Waals surface area contributed by atoms with E-state index >= 15 is 0 Å². The molecule has 0 bridgehead atoms. The van der Waals surface area contributed by atoms with Crippen LogP contribution in [0.1, 0.15) is 23.1 Å². The molecule has 0 saturated carbocycles. The van der Waals surface area contributed by atoms with Gasteiger partial charge in [0.25, 0.3) is 0 Å². The van der Waals surface area contributed by atoms with Crippen molar-refractivity contribution in [3.8, 4) is 11.5 Å². The van der Waals surface area contributed by atoms with Gasteiger partial charge in [-0.1, -0.05) is 18.2 Å². The number of rotatable bonds is 5. The molecule has 100 valence electrons. The summed E-state index contributed by atoms with van der Waals surface area (Å²) >= 11 is 0. The lowest BCUT2D eigenvalue weighted by Crippen LogP contribution is -1.94. The molecule has 0 aromatic heterocycles. The van der Waals surface area contributed by atoms with E-state index in [2.05, 4.69) is 19.1 Å². The van der Waals surface area contributed by atoms with Crippen molar-refractivity contribution in [2.45, 2.75) is 26.2 Å². The molecular weight excluding hydrogens is 236 g/mol. The summed E-state index contributed by atoms with van der Waals surface area (Å²) in [5.74, 6) is 1.24. The van der Waals surface area contributed by atoms with Crippen molar-refractivity contribution in [2.75, 3.05) is 7.11 Å². The topological polar surface area (TPSA) is 29.5 Å². The second-order valence-electron chi connectivity index (χ2n) is 4.81. The van der Waals surface area contributed by atoms with E-state index < -0.39 is 0 Å². The van der Waals surface area contributed by atoms with Crippen molar-refractivity contribution in [1.29, 1.82) is 0 Å². The Morgan fingerprint density at radius 2 is 1.74 bits per heavy atom. The largest absolute Gasteiger partial charge is 0.508 e. The van der Waals surface area contributed by atoms with Crippen LogP contribution in [0.15, 0.2) is 42.5 Å². The molecule has 0 saturated heterocycles. The Kier molecular flexibility index (Phi) is 4.45. The SMILES string of the molecule is COc1ccc(CCCc2ccc(O)cc2)c(C)c1. The van der Waals surface area contributed by atoms with Crippen LogP contribution in [0.5, 0.6) is 11.5 Å². The van der Waals surface area contributed by atoms with E-state index in [1.165, 1.54) is 16.7 Å². The van der Waals surface area contributed by atoms with Gasteiger partial charge in [0.2, 0.25) is 0 Å². The molecule has 2 aromatic rings. The molecule has 0 fully saturated rings. The molecule has 2 rings (SSSR count). The molecular formula is C17H20O2. The molecule has 0 heterocycles. The van der Waals surface area contributed by atoms with Crippen LogP contribution < -0.4 is 4.74 Å². The molecule has 19 heavy (non-hydrogen) atoms. The van der Waals surface area contributed by atoms with E-state index in [0.717, 1.165) is 25.0 Å². The minimum Gasteiger partial charge on any atom is -0.508 e. The fraction of sp³-hybridized carbons (Fsp3) is 0.294. The van der Waals surface area contributed by atoms with Crippen LogP contribution in [0.3, 0.4) is 0 Å². The molecule has 0 spiro atoms. The highest BCUT2D eigenvalue weighted by Gasteiger charge is 2.01. The zero-order valence-electron chi connectivity index (χ0n) is 11.5. The molecule has 0 amide bonds. The highest BCUT2D eigenvalue weighted by Crippen LogP contribution is 2.19. The maximum absolute atomic E-state index is 9.23. The Hall–Kier alpha value is -1.96. The van der Waals surface area contributed by atoms with Crippen LogP contribution in [0.4, 0.5) is 0 Å². The lowest BCUT2D eigenvalue weighted by Gasteiger charge is -2.08. The highest BCUT2D eigenvalue weighted by molar-refractivity contribution is 5.35. The number of aryl methyl sites for hydroxylation is 3. The van der Waals surface area contributed by atoms with E-state index in [0.29, 0.717) is 5.75 Å². The molecule has 0 unspecified atom stereocenters. The number of ether oxygens (including phenoxy) is 1. The molecule has 2 aromatic carbocycles. The van der Waals surface area contributed by atoms with Crippen LogP contribution in [0.2, 0.25) is 0 Å². The maximum Gasteiger partial charge on any atom is 0.119 e. The summed E-state index contributed by atoms with van der Waals surface area (Å²) in [5, 5.41) is 9.23. The Morgan fingerprint density at radius 1 is 1.00 bits per heavy atom. The predicted molar refractivity (Wildman–Crippen MR) is 77.9 cm³/mol. The number of methoxy groups -OCH3 is 1. The van der Waals surface area contributed by atoms with Crippen molar-refractivity contribution in [1.82, 2.24) is 0 Å². The summed E-state index contributed by atoms with van der Waals surface area (Å²) in [6, 6.07) is 13.7. The number of hydrogen-bond donors (Lipinski definition) is 1. The van der Waals surface area contributed by atoms with Crippen LogP contribution >= 0.6 is 0 Å². The van der Waals surface area contributed by atoms with Gasteiger partial charge in [-0.25, -0.2) is 0 Å². The fourth-order valence-corrected chi connectivity index (χ4v) is 2.22. The van der Waals surface area contributed by atoms with Gasteiger partial charge in [-0.3, -0.25) is 0 Å². The normalized spacial score (nSPS) is 10.4. The minimum atomic E-state index is 0.328. The predicted octanol–water partition coefficient (Wildman–Crippen LogP) is 3.88. The van der Waals surface area contributed by atoms with Crippen molar-refractivity contribution in [2.24, 2.45) is 0 Å². The molecule has 0 aliphatic heterocycles. The van der Waals surface area contributed by atoms with Gasteiger partial charge in [-0.15, -0.1) is 0 Å². The van der Waals surface area contributed by atoms with Gasteiger partial charge in [0.05, 0.1) is 7.11 Å². The van der Waals surface area contributed by atoms with Crippen LogP contribution in [-0.4, -0.2) is 12.2 Å². The smallest absolute Gasteiger partial charge is 0.119 e. The summed E-state index contributed by atoms with van der Waals surface area (Å²) in [7, 11) is 1.69. The second-order valence-corrected chi connectivity index (χ2v) is 4.81. The zero-order chi connectivity index (χ0) is 13.7. The van der Waals surface area contributed by atoms with Crippen molar-refractivity contribution >= 4 is 0 Å². The average molecular weight is 256 g/mol. The molecule has 1 N–H and O–H groups in total. The summed E-state index contributed by atoms with van der Waals surface area (Å²) in [4.78, 5) is 0. The minimum absolute atomic E-state index is 0.328. The summed E-state index contributed by atoms with van der Waals surface area (Å²) < 4.78 is 5.21. The van der Waals surface area contributed by atoms with Gasteiger partial charge in [-0.05, 0) is 67.1 Å². The first-order chi connectivity index (χ1) is 9.19. The van der Waals surface area contributed by atoms with E-state index in [-0.39, 0.29) is 0 Å². The van der Waals surface area contributed by atoms with Crippen LogP contribution in [0.25, 0.3) is 0 Å². The first kappa shape index (κ1) is 13.5. The molecule has 0 radical (unpaired) electrons. The second kappa shape index (κ2) is 6.28. The fourth-order valence-electron chi connectivity index (χ4n) is 2.22.